The number of aliphatic hydroxyl groups is 1. The van der Waals surface area contributed by atoms with Gasteiger partial charge >= 0.3 is 18.3 Å². The van der Waals surface area contributed by atoms with Gasteiger partial charge in [0.1, 0.15) is 0 Å². The topological polar surface area (TPSA) is 55.8 Å². The van der Waals surface area contributed by atoms with Crippen LogP contribution in [0.25, 0.3) is 0 Å². The molecule has 0 aliphatic heterocycles. The minimum Gasteiger partial charge on any atom is -0.463 e. The third-order valence-corrected chi connectivity index (χ3v) is 2.83. The molecule has 136 valence electrons. The van der Waals surface area contributed by atoms with Crippen LogP contribution < -0.4 is 0 Å². The summed E-state index contributed by atoms with van der Waals surface area (Å²) in [5.41, 5.74) is -4.76. The van der Waals surface area contributed by atoms with Crippen molar-refractivity contribution in [1.82, 2.24) is 0 Å². The van der Waals surface area contributed by atoms with E-state index in [1.54, 1.807) is 6.92 Å². The molecule has 10 heteroatoms. The molecule has 0 aliphatic carbocycles. The lowest BCUT2D eigenvalue weighted by atomic mass is 10.0. The van der Waals surface area contributed by atoms with Gasteiger partial charge in [0.2, 0.25) is 0 Å². The number of hydrogen-bond donors (Lipinski definition) is 1. The molecular weight excluding hydrogens is 334 g/mol. The first-order chi connectivity index (χ1) is 10.4. The lowest BCUT2D eigenvalue weighted by Gasteiger charge is -2.31. The van der Waals surface area contributed by atoms with Crippen molar-refractivity contribution in [2.24, 2.45) is 0 Å². The predicted octanol–water partition coefficient (Wildman–Crippen LogP) is 3.15. The van der Waals surface area contributed by atoms with E-state index in [9.17, 15) is 31.1 Å². The van der Waals surface area contributed by atoms with Crippen molar-refractivity contribution < 1.29 is 45.7 Å². The quantitative estimate of drug-likeness (QED) is 0.300. The maximum Gasteiger partial charge on any atom is 0.428 e. The van der Waals surface area contributed by atoms with Gasteiger partial charge in [-0.05, 0) is 26.2 Å². The highest BCUT2D eigenvalue weighted by atomic mass is 19.4. The van der Waals surface area contributed by atoms with Crippen molar-refractivity contribution in [3.05, 3.63) is 12.2 Å². The van der Waals surface area contributed by atoms with Crippen LogP contribution in [0.4, 0.5) is 26.3 Å². The van der Waals surface area contributed by atoms with Gasteiger partial charge in [0.25, 0.3) is 5.60 Å². The summed E-state index contributed by atoms with van der Waals surface area (Å²) in [5.74, 6) is -0.614. The minimum atomic E-state index is -5.90. The molecule has 0 spiro atoms. The van der Waals surface area contributed by atoms with Gasteiger partial charge < -0.3 is 14.6 Å². The van der Waals surface area contributed by atoms with E-state index >= 15 is 0 Å². The van der Waals surface area contributed by atoms with Gasteiger partial charge in [0.15, 0.2) is 0 Å². The van der Waals surface area contributed by atoms with E-state index in [0.29, 0.717) is 0 Å². The van der Waals surface area contributed by atoms with Crippen molar-refractivity contribution in [3.63, 3.8) is 0 Å². The fourth-order valence-corrected chi connectivity index (χ4v) is 1.42. The molecule has 0 fully saturated rings. The summed E-state index contributed by atoms with van der Waals surface area (Å²) in [6, 6.07) is 0. The molecule has 0 aliphatic rings. The molecule has 0 aromatic rings. The lowest BCUT2D eigenvalue weighted by Crippen LogP contribution is -2.60. The summed E-state index contributed by atoms with van der Waals surface area (Å²) in [4.78, 5) is 11.2. The van der Waals surface area contributed by atoms with E-state index < -0.39 is 37.1 Å². The van der Waals surface area contributed by atoms with Crippen LogP contribution in [0.1, 0.15) is 26.2 Å². The van der Waals surface area contributed by atoms with Gasteiger partial charge in [-0.1, -0.05) is 6.58 Å². The van der Waals surface area contributed by atoms with Crippen LogP contribution in [0.3, 0.4) is 0 Å². The Kier molecular flexibility index (Phi) is 8.05. The number of rotatable bonds is 9. The molecule has 0 bridgehead atoms. The highest BCUT2D eigenvalue weighted by Crippen LogP contribution is 2.43. The smallest absolute Gasteiger partial charge is 0.428 e. The first kappa shape index (κ1) is 21.7. The first-order valence-corrected chi connectivity index (χ1v) is 6.65. The molecule has 0 radical (unpaired) electrons. The van der Waals surface area contributed by atoms with Crippen LogP contribution in [0.2, 0.25) is 0 Å². The monoisotopic (exact) mass is 352 g/mol. The Morgan fingerprint density at radius 1 is 1.09 bits per heavy atom. The number of esters is 1. The number of carbonyl (C=O) groups excluding carboxylic acids is 1. The first-order valence-electron chi connectivity index (χ1n) is 6.65. The molecule has 0 aromatic carbocycles. The Balaban J connectivity index is 4.20. The van der Waals surface area contributed by atoms with Gasteiger partial charge in [-0.2, -0.15) is 26.3 Å². The van der Waals surface area contributed by atoms with Crippen molar-refractivity contribution in [2.45, 2.75) is 44.1 Å². The largest absolute Gasteiger partial charge is 0.463 e. The highest BCUT2D eigenvalue weighted by Gasteiger charge is 2.70. The summed E-state index contributed by atoms with van der Waals surface area (Å²) in [7, 11) is 0. The van der Waals surface area contributed by atoms with E-state index in [1.165, 1.54) is 0 Å². The molecule has 1 N–H and O–H groups in total. The number of carbonyl (C=O) groups is 1. The number of unbranched alkanes of at least 4 members (excludes halogenated alkanes) is 1. The zero-order valence-corrected chi connectivity index (χ0v) is 12.4. The van der Waals surface area contributed by atoms with Crippen LogP contribution in [0.15, 0.2) is 12.2 Å². The number of ether oxygens (including phenoxy) is 2. The van der Waals surface area contributed by atoms with Crippen molar-refractivity contribution >= 4 is 5.97 Å². The van der Waals surface area contributed by atoms with E-state index in [-0.39, 0.29) is 31.4 Å². The third kappa shape index (κ3) is 6.38. The minimum absolute atomic E-state index is 0.0875. The average Bonchev–Trinajstić information content (AvgIpc) is 2.39. The summed E-state index contributed by atoms with van der Waals surface area (Å²) < 4.78 is 82.9. The number of hydrogen-bond acceptors (Lipinski definition) is 4. The Labute approximate surface area is 129 Å². The lowest BCUT2D eigenvalue weighted by molar-refractivity contribution is -0.378. The summed E-state index contributed by atoms with van der Waals surface area (Å²) in [6.07, 6.45) is -11.3. The fourth-order valence-electron chi connectivity index (χ4n) is 1.42. The SMILES string of the molecule is C=C(CCCCOCC(O)(C(F)(F)F)C(F)(F)F)C(=O)OCC. The van der Waals surface area contributed by atoms with E-state index in [4.69, 9.17) is 5.11 Å². The van der Waals surface area contributed by atoms with E-state index in [2.05, 4.69) is 16.1 Å². The summed E-state index contributed by atoms with van der Waals surface area (Å²) in [6.45, 7) is 2.82. The molecule has 0 saturated heterocycles. The second kappa shape index (κ2) is 8.53. The molecule has 0 amide bonds. The molecule has 0 saturated carbocycles. The zero-order valence-electron chi connectivity index (χ0n) is 12.4. The molecule has 0 aromatic heterocycles. The predicted molar refractivity (Wildman–Crippen MR) is 67.5 cm³/mol. The summed E-state index contributed by atoms with van der Waals surface area (Å²) in [5, 5.41) is 8.81. The highest BCUT2D eigenvalue weighted by molar-refractivity contribution is 5.87. The van der Waals surface area contributed by atoms with Gasteiger partial charge in [-0.25, -0.2) is 4.79 Å². The van der Waals surface area contributed by atoms with Gasteiger partial charge in [-0.3, -0.25) is 0 Å². The van der Waals surface area contributed by atoms with Crippen LogP contribution in [0, 0.1) is 0 Å². The molecule has 23 heavy (non-hydrogen) atoms. The van der Waals surface area contributed by atoms with E-state index in [0.717, 1.165) is 0 Å². The molecule has 0 rings (SSSR count). The number of alkyl halides is 6. The third-order valence-electron chi connectivity index (χ3n) is 2.83. The van der Waals surface area contributed by atoms with Gasteiger partial charge in [0, 0.05) is 12.2 Å². The average molecular weight is 352 g/mol. The Morgan fingerprint density at radius 3 is 2.04 bits per heavy atom. The zero-order chi connectivity index (χ0) is 18.3. The molecule has 0 unspecified atom stereocenters. The Hall–Kier alpha value is -1.29. The molecule has 0 atom stereocenters. The number of halogens is 6. The van der Waals surface area contributed by atoms with Gasteiger partial charge in [-0.15, -0.1) is 0 Å². The summed E-state index contributed by atoms with van der Waals surface area (Å²) >= 11 is 0. The molecular formula is C13H18F6O4. The maximum absolute atomic E-state index is 12.3. The van der Waals surface area contributed by atoms with Crippen molar-refractivity contribution in [1.29, 1.82) is 0 Å². The van der Waals surface area contributed by atoms with Crippen LogP contribution in [-0.4, -0.2) is 48.9 Å². The molecule has 0 heterocycles. The Morgan fingerprint density at radius 2 is 1.61 bits per heavy atom. The second-order valence-electron chi connectivity index (χ2n) is 4.69. The second-order valence-corrected chi connectivity index (χ2v) is 4.69. The fraction of sp³-hybridized carbons (Fsp3) is 0.769. The molecule has 4 nitrogen and oxygen atoms in total. The Bertz CT molecular complexity index is 388. The standard InChI is InChI=1S/C13H18F6O4/c1-3-23-10(20)9(2)6-4-5-7-22-8-11(21,12(14,15)16)13(17,18)19/h21H,2-8H2,1H3. The van der Waals surface area contributed by atoms with Crippen LogP contribution in [-0.2, 0) is 14.3 Å². The van der Waals surface area contributed by atoms with Crippen LogP contribution in [0.5, 0.6) is 0 Å². The van der Waals surface area contributed by atoms with Crippen molar-refractivity contribution in [2.75, 3.05) is 19.8 Å². The maximum atomic E-state index is 12.3. The normalized spacial score (nSPS) is 13.0. The van der Waals surface area contributed by atoms with Crippen molar-refractivity contribution in [3.8, 4) is 0 Å². The van der Waals surface area contributed by atoms with E-state index in [1.807, 2.05) is 0 Å². The van der Waals surface area contributed by atoms with Gasteiger partial charge in [0.05, 0.1) is 13.2 Å². The van der Waals surface area contributed by atoms with Crippen LogP contribution >= 0.6 is 0 Å².